The molecule has 0 radical (unpaired) electrons. The summed E-state index contributed by atoms with van der Waals surface area (Å²) in [6.07, 6.45) is 2.63. The maximum Gasteiger partial charge on any atom is 0.0718 e. The molecule has 0 atom stereocenters. The van der Waals surface area contributed by atoms with Crippen molar-refractivity contribution in [2.45, 2.75) is 52.2 Å². The zero-order valence-corrected chi connectivity index (χ0v) is 11.2. The molecule has 1 aliphatic rings. The number of rotatable bonds is 5. The lowest BCUT2D eigenvalue weighted by molar-refractivity contribution is -0.0250. The quantitative estimate of drug-likeness (QED) is 0.781. The average Bonchev–Trinajstić information content (AvgIpc) is 2.14. The third-order valence-electron chi connectivity index (χ3n) is 2.81. The van der Waals surface area contributed by atoms with Crippen LogP contribution in [-0.4, -0.2) is 48.0 Å². The van der Waals surface area contributed by atoms with Crippen molar-refractivity contribution in [1.29, 1.82) is 0 Å². The molecule has 0 aromatic rings. The van der Waals surface area contributed by atoms with Crippen LogP contribution in [0.2, 0.25) is 0 Å². The van der Waals surface area contributed by atoms with Crippen LogP contribution in [0.5, 0.6) is 0 Å². The molecule has 0 saturated carbocycles. The Hall–Kier alpha value is -0.120. The van der Waals surface area contributed by atoms with Crippen LogP contribution < -0.4 is 0 Å². The molecule has 0 spiro atoms. The van der Waals surface area contributed by atoms with E-state index in [0.717, 1.165) is 39.1 Å². The number of likely N-dealkylation sites (tertiary alicyclic amines) is 1. The lowest BCUT2D eigenvalue weighted by atomic mass is 10.0. The SMILES string of the molecule is CC(C)COC1CCN(CC(C)(C)O)CC1. The molecule has 0 bridgehead atoms. The van der Waals surface area contributed by atoms with Gasteiger partial charge in [0, 0.05) is 26.2 Å². The topological polar surface area (TPSA) is 32.7 Å². The fraction of sp³-hybridized carbons (Fsp3) is 1.00. The predicted octanol–water partition coefficient (Wildman–Crippen LogP) is 1.89. The van der Waals surface area contributed by atoms with Gasteiger partial charge in [0.25, 0.3) is 0 Å². The van der Waals surface area contributed by atoms with E-state index < -0.39 is 5.60 Å². The molecular formula is C13H27NO2. The van der Waals surface area contributed by atoms with Gasteiger partial charge in [0.2, 0.25) is 0 Å². The van der Waals surface area contributed by atoms with Gasteiger partial charge in [0.05, 0.1) is 11.7 Å². The van der Waals surface area contributed by atoms with Crippen LogP contribution in [0.3, 0.4) is 0 Å². The highest BCUT2D eigenvalue weighted by atomic mass is 16.5. The van der Waals surface area contributed by atoms with E-state index in [-0.39, 0.29) is 0 Å². The van der Waals surface area contributed by atoms with Crippen LogP contribution in [0.25, 0.3) is 0 Å². The third-order valence-corrected chi connectivity index (χ3v) is 2.81. The smallest absolute Gasteiger partial charge is 0.0718 e. The molecule has 1 aliphatic heterocycles. The Labute approximate surface area is 99.8 Å². The van der Waals surface area contributed by atoms with Crippen molar-refractivity contribution in [2.75, 3.05) is 26.2 Å². The molecule has 3 nitrogen and oxygen atoms in total. The molecule has 3 heteroatoms. The molecule has 1 rings (SSSR count). The zero-order chi connectivity index (χ0) is 12.2. The van der Waals surface area contributed by atoms with Gasteiger partial charge in [-0.2, -0.15) is 0 Å². The van der Waals surface area contributed by atoms with Gasteiger partial charge in [0.15, 0.2) is 0 Å². The normalized spacial score (nSPS) is 20.6. The second-order valence-electron chi connectivity index (χ2n) is 6.02. The van der Waals surface area contributed by atoms with Gasteiger partial charge in [-0.05, 0) is 32.6 Å². The van der Waals surface area contributed by atoms with Gasteiger partial charge >= 0.3 is 0 Å². The van der Waals surface area contributed by atoms with Gasteiger partial charge in [-0.25, -0.2) is 0 Å². The van der Waals surface area contributed by atoms with E-state index >= 15 is 0 Å². The molecule has 0 unspecified atom stereocenters. The van der Waals surface area contributed by atoms with Gasteiger partial charge in [-0.3, -0.25) is 0 Å². The van der Waals surface area contributed by atoms with Crippen LogP contribution >= 0.6 is 0 Å². The van der Waals surface area contributed by atoms with Crippen molar-refractivity contribution < 1.29 is 9.84 Å². The molecule has 1 fully saturated rings. The Morgan fingerprint density at radius 2 is 1.88 bits per heavy atom. The first-order valence-electron chi connectivity index (χ1n) is 6.43. The van der Waals surface area contributed by atoms with Crippen molar-refractivity contribution >= 4 is 0 Å². The van der Waals surface area contributed by atoms with Crippen molar-refractivity contribution in [3.8, 4) is 0 Å². The summed E-state index contributed by atoms with van der Waals surface area (Å²) in [7, 11) is 0. The van der Waals surface area contributed by atoms with Crippen molar-refractivity contribution in [3.05, 3.63) is 0 Å². The van der Waals surface area contributed by atoms with Gasteiger partial charge in [0.1, 0.15) is 0 Å². The number of hydrogen-bond acceptors (Lipinski definition) is 3. The number of β-amino-alcohol motifs (C(OH)–C–C–N with tert-alkyl or cyclic N) is 1. The summed E-state index contributed by atoms with van der Waals surface area (Å²) < 4.78 is 5.83. The number of aliphatic hydroxyl groups is 1. The van der Waals surface area contributed by atoms with E-state index in [0.29, 0.717) is 12.0 Å². The largest absolute Gasteiger partial charge is 0.389 e. The summed E-state index contributed by atoms with van der Waals surface area (Å²) in [6, 6.07) is 0. The monoisotopic (exact) mass is 229 g/mol. The molecule has 1 heterocycles. The van der Waals surface area contributed by atoms with E-state index in [1.54, 1.807) is 0 Å². The highest BCUT2D eigenvalue weighted by Gasteiger charge is 2.24. The highest BCUT2D eigenvalue weighted by Crippen LogP contribution is 2.16. The summed E-state index contributed by atoms with van der Waals surface area (Å²) in [6.45, 7) is 11.8. The van der Waals surface area contributed by atoms with E-state index in [1.807, 2.05) is 13.8 Å². The minimum atomic E-state index is -0.578. The summed E-state index contributed by atoms with van der Waals surface area (Å²) in [5, 5.41) is 9.74. The van der Waals surface area contributed by atoms with E-state index in [9.17, 15) is 5.11 Å². The maximum absolute atomic E-state index is 9.74. The minimum absolute atomic E-state index is 0.431. The van der Waals surface area contributed by atoms with E-state index in [2.05, 4.69) is 18.7 Å². The van der Waals surface area contributed by atoms with Gasteiger partial charge < -0.3 is 14.7 Å². The molecule has 0 aromatic heterocycles. The molecular weight excluding hydrogens is 202 g/mol. The molecule has 96 valence electrons. The fourth-order valence-electron chi connectivity index (χ4n) is 2.11. The Balaban J connectivity index is 2.18. The lowest BCUT2D eigenvalue weighted by Gasteiger charge is -2.35. The number of piperidine rings is 1. The van der Waals surface area contributed by atoms with E-state index in [1.165, 1.54) is 0 Å². The number of nitrogens with zero attached hydrogens (tertiary/aromatic N) is 1. The van der Waals surface area contributed by atoms with E-state index in [4.69, 9.17) is 4.74 Å². The summed E-state index contributed by atoms with van der Waals surface area (Å²) in [5.41, 5.74) is -0.578. The van der Waals surface area contributed by atoms with Crippen LogP contribution in [0.4, 0.5) is 0 Å². The Morgan fingerprint density at radius 3 is 2.31 bits per heavy atom. The third kappa shape index (κ3) is 5.83. The Kier molecular flexibility index (Phi) is 5.22. The number of hydrogen-bond donors (Lipinski definition) is 1. The molecule has 1 N–H and O–H groups in total. The number of ether oxygens (including phenoxy) is 1. The summed E-state index contributed by atoms with van der Waals surface area (Å²) in [5.74, 6) is 0.620. The van der Waals surface area contributed by atoms with Crippen LogP contribution in [0, 0.1) is 5.92 Å². The molecule has 0 aliphatic carbocycles. The summed E-state index contributed by atoms with van der Waals surface area (Å²) >= 11 is 0. The Bertz CT molecular complexity index is 191. The predicted molar refractivity (Wildman–Crippen MR) is 66.5 cm³/mol. The Morgan fingerprint density at radius 1 is 1.31 bits per heavy atom. The maximum atomic E-state index is 9.74. The first-order chi connectivity index (χ1) is 7.37. The first kappa shape index (κ1) is 13.9. The van der Waals surface area contributed by atoms with Gasteiger partial charge in [-0.15, -0.1) is 0 Å². The first-order valence-corrected chi connectivity index (χ1v) is 6.43. The second-order valence-corrected chi connectivity index (χ2v) is 6.02. The second kappa shape index (κ2) is 5.99. The van der Waals surface area contributed by atoms with Gasteiger partial charge in [-0.1, -0.05) is 13.8 Å². The van der Waals surface area contributed by atoms with Crippen molar-refractivity contribution in [1.82, 2.24) is 4.90 Å². The molecule has 0 amide bonds. The minimum Gasteiger partial charge on any atom is -0.389 e. The summed E-state index contributed by atoms with van der Waals surface area (Å²) in [4.78, 5) is 2.33. The average molecular weight is 229 g/mol. The van der Waals surface area contributed by atoms with Crippen molar-refractivity contribution in [2.24, 2.45) is 5.92 Å². The zero-order valence-electron chi connectivity index (χ0n) is 11.2. The standard InChI is InChI=1S/C13H27NO2/c1-11(2)9-16-12-5-7-14(8-6-12)10-13(3,4)15/h11-12,15H,5-10H2,1-4H3. The van der Waals surface area contributed by atoms with Crippen molar-refractivity contribution in [3.63, 3.8) is 0 Å². The van der Waals surface area contributed by atoms with Crippen LogP contribution in [-0.2, 0) is 4.74 Å². The molecule has 0 aromatic carbocycles. The highest BCUT2D eigenvalue weighted by molar-refractivity contribution is 4.78. The molecule has 16 heavy (non-hydrogen) atoms. The lowest BCUT2D eigenvalue weighted by Crippen LogP contribution is -2.44. The van der Waals surface area contributed by atoms with Crippen LogP contribution in [0.1, 0.15) is 40.5 Å². The van der Waals surface area contributed by atoms with Crippen LogP contribution in [0.15, 0.2) is 0 Å². The fourth-order valence-corrected chi connectivity index (χ4v) is 2.11. The molecule has 1 saturated heterocycles.